The first-order chi connectivity index (χ1) is 11.6. The summed E-state index contributed by atoms with van der Waals surface area (Å²) in [6.07, 6.45) is 3.69. The molecule has 2 aromatic carbocycles. The van der Waals surface area contributed by atoms with Gasteiger partial charge in [0.15, 0.2) is 0 Å². The number of amides is 1. The minimum absolute atomic E-state index is 0. The number of nitrogens with two attached hydrogens (primary N) is 1. The highest BCUT2D eigenvalue weighted by atomic mass is 35.5. The van der Waals surface area contributed by atoms with Gasteiger partial charge in [-0.25, -0.2) is 0 Å². The van der Waals surface area contributed by atoms with Crippen LogP contribution in [-0.4, -0.2) is 11.9 Å². The summed E-state index contributed by atoms with van der Waals surface area (Å²) in [4.78, 5) is 12.6. The van der Waals surface area contributed by atoms with Crippen molar-refractivity contribution in [2.45, 2.75) is 37.8 Å². The van der Waals surface area contributed by atoms with Crippen LogP contribution in [-0.2, 0) is 4.79 Å². The van der Waals surface area contributed by atoms with Crippen LogP contribution in [0.15, 0.2) is 54.6 Å². The molecule has 3 nitrogen and oxygen atoms in total. The first-order valence-electron chi connectivity index (χ1n) is 8.49. The van der Waals surface area contributed by atoms with Crippen molar-refractivity contribution in [3.63, 3.8) is 0 Å². The van der Waals surface area contributed by atoms with Gasteiger partial charge in [-0.1, -0.05) is 60.5 Å². The molecular formula is C20H24Cl2N2O. The van der Waals surface area contributed by atoms with Gasteiger partial charge in [0, 0.05) is 17.5 Å². The summed E-state index contributed by atoms with van der Waals surface area (Å²) in [5.41, 5.74) is 8.18. The Morgan fingerprint density at radius 2 is 1.72 bits per heavy atom. The van der Waals surface area contributed by atoms with Crippen molar-refractivity contribution in [3.8, 4) is 0 Å². The zero-order chi connectivity index (χ0) is 16.9. The fourth-order valence-electron chi connectivity index (χ4n) is 3.44. The molecule has 0 radical (unpaired) electrons. The topological polar surface area (TPSA) is 55.1 Å². The molecule has 2 aromatic rings. The predicted molar refractivity (Wildman–Crippen MR) is 105 cm³/mol. The summed E-state index contributed by atoms with van der Waals surface area (Å²) in [5, 5.41) is 3.87. The molecule has 0 aromatic heterocycles. The Hall–Kier alpha value is -1.55. The third-order valence-electron chi connectivity index (χ3n) is 4.81. The summed E-state index contributed by atoms with van der Waals surface area (Å²) in [6.45, 7) is 0. The molecule has 1 aliphatic carbocycles. The molecule has 25 heavy (non-hydrogen) atoms. The third kappa shape index (κ3) is 5.21. The van der Waals surface area contributed by atoms with Gasteiger partial charge in [0.25, 0.3) is 0 Å². The Bertz CT molecular complexity index is 676. The van der Waals surface area contributed by atoms with Gasteiger partial charge in [-0.3, -0.25) is 4.79 Å². The highest BCUT2D eigenvalue weighted by Gasteiger charge is 2.27. The standard InChI is InChI=1S/C20H23ClN2O.ClH/c21-17-11-9-15(10-12-17)20(14-5-2-1-3-6-14)23-19(24)13-16-7-4-8-18(16)22;/h1-3,5-6,9-12,16,18,20H,4,7-8,13,22H2,(H,23,24);1H/t16-,18+,20?;/m0./s1. The fraction of sp³-hybridized carbons (Fsp3) is 0.350. The number of nitrogens with one attached hydrogen (secondary N) is 1. The third-order valence-corrected chi connectivity index (χ3v) is 5.06. The molecule has 1 aliphatic rings. The molecule has 0 heterocycles. The van der Waals surface area contributed by atoms with Crippen LogP contribution in [0.1, 0.15) is 42.9 Å². The lowest BCUT2D eigenvalue weighted by Gasteiger charge is -2.22. The van der Waals surface area contributed by atoms with Crippen molar-refractivity contribution in [2.75, 3.05) is 0 Å². The van der Waals surface area contributed by atoms with E-state index < -0.39 is 0 Å². The number of halogens is 2. The Morgan fingerprint density at radius 1 is 1.08 bits per heavy atom. The SMILES string of the molecule is Cl.N[C@@H]1CCC[C@H]1CC(=O)NC(c1ccccc1)c1ccc(Cl)cc1. The van der Waals surface area contributed by atoms with Crippen LogP contribution in [0.4, 0.5) is 0 Å². The normalized spacial score (nSPS) is 20.6. The fourth-order valence-corrected chi connectivity index (χ4v) is 3.56. The largest absolute Gasteiger partial charge is 0.345 e. The van der Waals surface area contributed by atoms with Crippen molar-refractivity contribution < 1.29 is 4.79 Å². The number of rotatable bonds is 5. The summed E-state index contributed by atoms with van der Waals surface area (Å²) >= 11 is 6.00. The molecule has 5 heteroatoms. The summed E-state index contributed by atoms with van der Waals surface area (Å²) in [5.74, 6) is 0.354. The summed E-state index contributed by atoms with van der Waals surface area (Å²) < 4.78 is 0. The van der Waals surface area contributed by atoms with Crippen LogP contribution >= 0.6 is 24.0 Å². The Kier molecular flexibility index (Phi) is 7.30. The van der Waals surface area contributed by atoms with E-state index in [-0.39, 0.29) is 30.4 Å². The highest BCUT2D eigenvalue weighted by molar-refractivity contribution is 6.30. The smallest absolute Gasteiger partial charge is 0.221 e. The van der Waals surface area contributed by atoms with Gasteiger partial charge in [-0.05, 0) is 42.0 Å². The number of hydrogen-bond donors (Lipinski definition) is 2. The van der Waals surface area contributed by atoms with Crippen LogP contribution in [0, 0.1) is 5.92 Å². The maximum Gasteiger partial charge on any atom is 0.221 e. The van der Waals surface area contributed by atoms with E-state index in [1.165, 1.54) is 0 Å². The first-order valence-corrected chi connectivity index (χ1v) is 8.86. The number of benzene rings is 2. The molecule has 134 valence electrons. The Labute approximate surface area is 160 Å². The zero-order valence-corrected chi connectivity index (χ0v) is 15.6. The van der Waals surface area contributed by atoms with E-state index in [9.17, 15) is 4.79 Å². The van der Waals surface area contributed by atoms with Crippen molar-refractivity contribution in [1.82, 2.24) is 5.32 Å². The molecule has 0 saturated heterocycles. The van der Waals surface area contributed by atoms with Crippen LogP contribution < -0.4 is 11.1 Å². The molecule has 3 rings (SSSR count). The van der Waals surface area contributed by atoms with E-state index in [1.54, 1.807) is 0 Å². The van der Waals surface area contributed by atoms with Crippen molar-refractivity contribution in [3.05, 3.63) is 70.7 Å². The monoisotopic (exact) mass is 378 g/mol. The van der Waals surface area contributed by atoms with Crippen LogP contribution in [0.25, 0.3) is 0 Å². The second-order valence-electron chi connectivity index (χ2n) is 6.52. The molecule has 1 saturated carbocycles. The van der Waals surface area contributed by atoms with Gasteiger partial charge in [-0.15, -0.1) is 12.4 Å². The van der Waals surface area contributed by atoms with Gasteiger partial charge in [-0.2, -0.15) is 0 Å². The number of carbonyl (C=O) groups excluding carboxylic acids is 1. The van der Waals surface area contributed by atoms with E-state index in [0.717, 1.165) is 30.4 Å². The maximum absolute atomic E-state index is 12.6. The summed E-state index contributed by atoms with van der Waals surface area (Å²) in [7, 11) is 0. The van der Waals surface area contributed by atoms with E-state index in [4.69, 9.17) is 17.3 Å². The molecule has 0 spiro atoms. The van der Waals surface area contributed by atoms with Gasteiger partial charge >= 0.3 is 0 Å². The van der Waals surface area contributed by atoms with Crippen molar-refractivity contribution in [1.29, 1.82) is 0 Å². The molecule has 0 aliphatic heterocycles. The van der Waals surface area contributed by atoms with E-state index >= 15 is 0 Å². The van der Waals surface area contributed by atoms with Crippen LogP contribution in [0.5, 0.6) is 0 Å². The maximum atomic E-state index is 12.6. The molecule has 1 fully saturated rings. The zero-order valence-electron chi connectivity index (χ0n) is 14.0. The molecular weight excluding hydrogens is 355 g/mol. The summed E-state index contributed by atoms with van der Waals surface area (Å²) in [6, 6.07) is 17.6. The highest BCUT2D eigenvalue weighted by Crippen LogP contribution is 2.28. The lowest BCUT2D eigenvalue weighted by Crippen LogP contribution is -2.34. The number of carbonyl (C=O) groups is 1. The molecule has 3 N–H and O–H groups in total. The van der Waals surface area contributed by atoms with E-state index in [0.29, 0.717) is 17.4 Å². The van der Waals surface area contributed by atoms with Gasteiger partial charge in [0.05, 0.1) is 6.04 Å². The lowest BCUT2D eigenvalue weighted by molar-refractivity contribution is -0.122. The van der Waals surface area contributed by atoms with Crippen molar-refractivity contribution in [2.24, 2.45) is 11.7 Å². The van der Waals surface area contributed by atoms with E-state index in [2.05, 4.69) is 5.32 Å². The quantitative estimate of drug-likeness (QED) is 0.805. The average molecular weight is 379 g/mol. The van der Waals surface area contributed by atoms with Crippen LogP contribution in [0.3, 0.4) is 0 Å². The van der Waals surface area contributed by atoms with Gasteiger partial charge in [0.1, 0.15) is 0 Å². The second-order valence-corrected chi connectivity index (χ2v) is 6.96. The minimum atomic E-state index is -0.173. The molecule has 1 amide bonds. The predicted octanol–water partition coefficient (Wildman–Crippen LogP) is 4.48. The molecule has 0 bridgehead atoms. The first kappa shape index (κ1) is 19.8. The van der Waals surface area contributed by atoms with E-state index in [1.807, 2.05) is 54.6 Å². The Balaban J connectivity index is 0.00000225. The minimum Gasteiger partial charge on any atom is -0.345 e. The number of hydrogen-bond acceptors (Lipinski definition) is 2. The van der Waals surface area contributed by atoms with Gasteiger partial charge < -0.3 is 11.1 Å². The molecule has 3 atom stereocenters. The van der Waals surface area contributed by atoms with Crippen molar-refractivity contribution >= 4 is 29.9 Å². The second kappa shape index (κ2) is 9.23. The average Bonchev–Trinajstić information content (AvgIpc) is 2.99. The molecule has 1 unspecified atom stereocenters. The lowest BCUT2D eigenvalue weighted by atomic mass is 9.96. The Morgan fingerprint density at radius 3 is 2.32 bits per heavy atom. The van der Waals surface area contributed by atoms with Gasteiger partial charge in [0.2, 0.25) is 5.91 Å². The van der Waals surface area contributed by atoms with Crippen LogP contribution in [0.2, 0.25) is 5.02 Å².